The van der Waals surface area contributed by atoms with Gasteiger partial charge in [0.15, 0.2) is 0 Å². The number of benzene rings is 1. The lowest BCUT2D eigenvalue weighted by Gasteiger charge is -2.30. The van der Waals surface area contributed by atoms with Crippen LogP contribution in [0.3, 0.4) is 0 Å². The van der Waals surface area contributed by atoms with E-state index < -0.39 is 5.97 Å². The highest BCUT2D eigenvalue weighted by atomic mass is 79.9. The van der Waals surface area contributed by atoms with Crippen molar-refractivity contribution in [3.8, 4) is 0 Å². The molecular formula is C15H17BrFNO2. The van der Waals surface area contributed by atoms with Gasteiger partial charge in [-0.3, -0.25) is 9.69 Å². The minimum Gasteiger partial charge on any atom is -0.481 e. The van der Waals surface area contributed by atoms with Crippen molar-refractivity contribution in [1.82, 2.24) is 4.90 Å². The quantitative estimate of drug-likeness (QED) is 0.913. The molecule has 2 saturated heterocycles. The number of aliphatic carboxylic acids is 1. The first-order chi connectivity index (χ1) is 9.49. The molecule has 20 heavy (non-hydrogen) atoms. The zero-order valence-electron chi connectivity index (χ0n) is 11.2. The van der Waals surface area contributed by atoms with E-state index in [2.05, 4.69) is 27.8 Å². The topological polar surface area (TPSA) is 40.5 Å². The predicted molar refractivity (Wildman–Crippen MR) is 76.9 cm³/mol. The number of hydrogen-bond acceptors (Lipinski definition) is 2. The first kappa shape index (κ1) is 14.0. The van der Waals surface area contributed by atoms with Gasteiger partial charge >= 0.3 is 5.97 Å². The molecule has 1 aromatic carbocycles. The number of carboxylic acids is 1. The van der Waals surface area contributed by atoms with Gasteiger partial charge in [-0.2, -0.15) is 0 Å². The molecule has 3 nitrogen and oxygen atoms in total. The average Bonchev–Trinajstić information content (AvgIpc) is 2.98. The maximum Gasteiger partial charge on any atom is 0.308 e. The van der Waals surface area contributed by atoms with Gasteiger partial charge in [-0.15, -0.1) is 0 Å². The number of rotatable bonds is 3. The highest BCUT2D eigenvalue weighted by Crippen LogP contribution is 2.46. The molecule has 0 saturated carbocycles. The fourth-order valence-corrected chi connectivity index (χ4v) is 4.24. The Morgan fingerprint density at radius 2 is 2.25 bits per heavy atom. The minimum atomic E-state index is -0.685. The fraction of sp³-hybridized carbons (Fsp3) is 0.533. The van der Waals surface area contributed by atoms with E-state index in [9.17, 15) is 14.3 Å². The molecular weight excluding hydrogens is 325 g/mol. The number of hydrogen-bond donors (Lipinski definition) is 1. The van der Waals surface area contributed by atoms with Gasteiger partial charge in [-0.05, 0) is 59.8 Å². The molecule has 2 aliphatic heterocycles. The van der Waals surface area contributed by atoms with Crippen LogP contribution in [0, 0.1) is 11.7 Å². The summed E-state index contributed by atoms with van der Waals surface area (Å²) in [5, 5.41) is 9.30. The van der Waals surface area contributed by atoms with Crippen molar-refractivity contribution >= 4 is 21.9 Å². The van der Waals surface area contributed by atoms with Crippen LogP contribution in [0.1, 0.15) is 37.8 Å². The summed E-state index contributed by atoms with van der Waals surface area (Å²) in [5.74, 6) is -1.21. The van der Waals surface area contributed by atoms with Crippen LogP contribution < -0.4 is 0 Å². The number of nitrogens with zero attached hydrogens (tertiary/aromatic N) is 1. The molecule has 5 heteroatoms. The third-order valence-electron chi connectivity index (χ3n) is 4.78. The first-order valence-electron chi connectivity index (χ1n) is 6.94. The molecule has 2 aliphatic rings. The van der Waals surface area contributed by atoms with Crippen molar-refractivity contribution in [3.63, 3.8) is 0 Å². The average molecular weight is 342 g/mol. The van der Waals surface area contributed by atoms with Gasteiger partial charge in [0.05, 0.1) is 10.4 Å². The van der Waals surface area contributed by atoms with Crippen molar-refractivity contribution in [2.24, 2.45) is 5.92 Å². The number of carbonyl (C=O) groups is 1. The molecule has 1 aromatic rings. The van der Waals surface area contributed by atoms with Crippen LogP contribution in [0.25, 0.3) is 0 Å². The SMILES string of the molecule is CC(c1ccc(F)c(Br)c1)N1C2CCC1C(C(=O)O)C2. The fourth-order valence-electron chi connectivity index (χ4n) is 3.84. The van der Waals surface area contributed by atoms with Crippen LogP contribution in [0.5, 0.6) is 0 Å². The van der Waals surface area contributed by atoms with Gasteiger partial charge in [0.25, 0.3) is 0 Å². The summed E-state index contributed by atoms with van der Waals surface area (Å²) >= 11 is 3.22. The summed E-state index contributed by atoms with van der Waals surface area (Å²) in [6, 6.07) is 5.64. The van der Waals surface area contributed by atoms with Gasteiger partial charge in [0.1, 0.15) is 5.82 Å². The molecule has 0 radical (unpaired) electrons. The van der Waals surface area contributed by atoms with Crippen LogP contribution in [-0.2, 0) is 4.79 Å². The van der Waals surface area contributed by atoms with Crippen molar-refractivity contribution in [2.45, 2.75) is 44.3 Å². The van der Waals surface area contributed by atoms with Gasteiger partial charge in [-0.1, -0.05) is 6.07 Å². The number of carboxylic acid groups (broad SMARTS) is 1. The van der Waals surface area contributed by atoms with Crippen molar-refractivity contribution < 1.29 is 14.3 Å². The highest BCUT2D eigenvalue weighted by Gasteiger charge is 2.50. The summed E-state index contributed by atoms with van der Waals surface area (Å²) < 4.78 is 13.8. The maximum absolute atomic E-state index is 13.3. The Morgan fingerprint density at radius 1 is 1.50 bits per heavy atom. The predicted octanol–water partition coefficient (Wildman–Crippen LogP) is 3.59. The molecule has 108 valence electrons. The van der Waals surface area contributed by atoms with E-state index >= 15 is 0 Å². The summed E-state index contributed by atoms with van der Waals surface area (Å²) in [6.07, 6.45) is 2.77. The Bertz CT molecular complexity index is 551. The molecule has 4 unspecified atom stereocenters. The van der Waals surface area contributed by atoms with Crippen LogP contribution in [0.4, 0.5) is 4.39 Å². The highest BCUT2D eigenvalue weighted by molar-refractivity contribution is 9.10. The Balaban J connectivity index is 1.86. The Hall–Kier alpha value is -0.940. The molecule has 0 amide bonds. The smallest absolute Gasteiger partial charge is 0.308 e. The first-order valence-corrected chi connectivity index (χ1v) is 7.73. The molecule has 0 spiro atoms. The maximum atomic E-state index is 13.3. The Labute approximate surface area is 125 Å². The normalized spacial score (nSPS) is 30.6. The third kappa shape index (κ3) is 2.17. The van der Waals surface area contributed by atoms with Gasteiger partial charge in [-0.25, -0.2) is 4.39 Å². The van der Waals surface area contributed by atoms with Crippen LogP contribution >= 0.6 is 15.9 Å². The van der Waals surface area contributed by atoms with Gasteiger partial charge < -0.3 is 5.11 Å². The molecule has 0 aromatic heterocycles. The molecule has 3 rings (SSSR count). The van der Waals surface area contributed by atoms with E-state index in [0.29, 0.717) is 10.5 Å². The zero-order chi connectivity index (χ0) is 14.4. The van der Waals surface area contributed by atoms with Crippen LogP contribution in [0.2, 0.25) is 0 Å². The van der Waals surface area contributed by atoms with E-state index in [1.807, 2.05) is 0 Å². The molecule has 0 aliphatic carbocycles. The monoisotopic (exact) mass is 341 g/mol. The standard InChI is InChI=1S/C15H17BrFNO2/c1-8(9-2-4-13(17)12(16)6-9)18-10-3-5-14(18)11(7-10)15(19)20/h2,4,6,8,10-11,14H,3,5,7H2,1H3,(H,19,20). The Kier molecular flexibility index (Phi) is 3.58. The Morgan fingerprint density at radius 3 is 2.85 bits per heavy atom. The summed E-state index contributed by atoms with van der Waals surface area (Å²) in [6.45, 7) is 2.08. The number of halogens is 2. The summed E-state index contributed by atoms with van der Waals surface area (Å²) in [5.41, 5.74) is 1.03. The largest absolute Gasteiger partial charge is 0.481 e. The lowest BCUT2D eigenvalue weighted by Crippen LogP contribution is -2.35. The molecule has 1 N–H and O–H groups in total. The zero-order valence-corrected chi connectivity index (χ0v) is 12.8. The van der Waals surface area contributed by atoms with Crippen molar-refractivity contribution in [1.29, 1.82) is 0 Å². The van der Waals surface area contributed by atoms with E-state index in [4.69, 9.17) is 0 Å². The summed E-state index contributed by atoms with van der Waals surface area (Å²) in [4.78, 5) is 13.6. The lowest BCUT2D eigenvalue weighted by atomic mass is 9.89. The molecule has 2 bridgehead atoms. The molecule has 2 fully saturated rings. The van der Waals surface area contributed by atoms with E-state index in [1.165, 1.54) is 6.07 Å². The van der Waals surface area contributed by atoms with Crippen molar-refractivity contribution in [3.05, 3.63) is 34.1 Å². The minimum absolute atomic E-state index is 0.119. The van der Waals surface area contributed by atoms with Crippen LogP contribution in [-0.4, -0.2) is 28.1 Å². The third-order valence-corrected chi connectivity index (χ3v) is 5.39. The number of fused-ring (bicyclic) bond motifs is 2. The van der Waals surface area contributed by atoms with Crippen molar-refractivity contribution in [2.75, 3.05) is 0 Å². The van der Waals surface area contributed by atoms with Gasteiger partial charge in [0, 0.05) is 18.1 Å². The second-order valence-electron chi connectivity index (χ2n) is 5.78. The molecule has 4 atom stereocenters. The van der Waals surface area contributed by atoms with Crippen LogP contribution in [0.15, 0.2) is 22.7 Å². The van der Waals surface area contributed by atoms with E-state index in [1.54, 1.807) is 12.1 Å². The van der Waals surface area contributed by atoms with Gasteiger partial charge in [0.2, 0.25) is 0 Å². The molecule has 2 heterocycles. The second-order valence-corrected chi connectivity index (χ2v) is 6.63. The second kappa shape index (κ2) is 5.11. The lowest BCUT2D eigenvalue weighted by molar-refractivity contribution is -0.142. The van der Waals surface area contributed by atoms with E-state index in [-0.39, 0.29) is 23.8 Å². The van der Waals surface area contributed by atoms with E-state index in [0.717, 1.165) is 24.8 Å². The summed E-state index contributed by atoms with van der Waals surface area (Å²) in [7, 11) is 0.